The van der Waals surface area contributed by atoms with Crippen molar-refractivity contribution < 1.29 is 9.59 Å². The Morgan fingerprint density at radius 1 is 1.16 bits per heavy atom. The topological polar surface area (TPSA) is 61.4 Å². The number of likely N-dealkylation sites (N-methyl/N-ethyl adjacent to an activating group) is 1. The highest BCUT2D eigenvalue weighted by molar-refractivity contribution is 5.83. The summed E-state index contributed by atoms with van der Waals surface area (Å²) in [7, 11) is 1.80. The summed E-state index contributed by atoms with van der Waals surface area (Å²) in [6, 6.07) is 9.62. The molecule has 5 nitrogen and oxygen atoms in total. The molecule has 0 aliphatic carbocycles. The van der Waals surface area contributed by atoms with Crippen LogP contribution in [0.2, 0.25) is 0 Å². The van der Waals surface area contributed by atoms with Crippen LogP contribution >= 0.6 is 0 Å². The molecule has 0 unspecified atom stereocenters. The Morgan fingerprint density at radius 3 is 2.28 bits per heavy atom. The third-order valence-corrected chi connectivity index (χ3v) is 4.04. The summed E-state index contributed by atoms with van der Waals surface area (Å²) in [5, 5.41) is 6.04. The van der Waals surface area contributed by atoms with E-state index in [4.69, 9.17) is 0 Å². The maximum absolute atomic E-state index is 12.6. The maximum Gasteiger partial charge on any atom is 0.237 e. The quantitative estimate of drug-likeness (QED) is 0.760. The van der Waals surface area contributed by atoms with Gasteiger partial charge < -0.3 is 10.6 Å². The lowest BCUT2D eigenvalue weighted by Gasteiger charge is -2.28. The molecule has 0 heterocycles. The number of nitrogens with one attached hydrogen (secondary N) is 2. The van der Waals surface area contributed by atoms with Gasteiger partial charge in [0.2, 0.25) is 11.8 Å². The predicted molar refractivity (Wildman–Crippen MR) is 102 cm³/mol. The fourth-order valence-electron chi connectivity index (χ4n) is 2.61. The van der Waals surface area contributed by atoms with Gasteiger partial charge >= 0.3 is 0 Å². The molecule has 140 valence electrons. The van der Waals surface area contributed by atoms with Crippen molar-refractivity contribution in [3.05, 3.63) is 35.9 Å². The largest absolute Gasteiger partial charge is 0.350 e. The molecule has 0 aliphatic rings. The van der Waals surface area contributed by atoms with Gasteiger partial charge in [-0.3, -0.25) is 14.5 Å². The lowest BCUT2D eigenvalue weighted by Crippen LogP contribution is -2.50. The zero-order valence-electron chi connectivity index (χ0n) is 16.4. The van der Waals surface area contributed by atoms with Gasteiger partial charge in [-0.05, 0) is 46.7 Å². The van der Waals surface area contributed by atoms with Crippen molar-refractivity contribution in [2.45, 2.75) is 65.1 Å². The van der Waals surface area contributed by atoms with Crippen molar-refractivity contribution in [1.82, 2.24) is 15.5 Å². The van der Waals surface area contributed by atoms with Crippen LogP contribution in [-0.4, -0.2) is 41.9 Å². The van der Waals surface area contributed by atoms with Crippen molar-refractivity contribution in [2.75, 3.05) is 13.6 Å². The number of carbonyl (C=O) groups excluding carboxylic acids is 2. The van der Waals surface area contributed by atoms with E-state index in [1.165, 1.54) is 0 Å². The van der Waals surface area contributed by atoms with E-state index in [2.05, 4.69) is 17.6 Å². The average Bonchev–Trinajstić information content (AvgIpc) is 2.52. The first-order valence-electron chi connectivity index (χ1n) is 9.00. The summed E-state index contributed by atoms with van der Waals surface area (Å²) < 4.78 is 0. The highest BCUT2D eigenvalue weighted by atomic mass is 16.2. The first kappa shape index (κ1) is 21.2. The average molecular weight is 348 g/mol. The molecule has 0 fully saturated rings. The van der Waals surface area contributed by atoms with Gasteiger partial charge in [0.15, 0.2) is 0 Å². The molecule has 2 atom stereocenters. The number of hydrogen-bond donors (Lipinski definition) is 2. The fraction of sp³-hybridized carbons (Fsp3) is 0.600. The summed E-state index contributed by atoms with van der Waals surface area (Å²) in [6.45, 7) is 9.94. The number of nitrogens with zero attached hydrogens (tertiary/aromatic N) is 1. The molecule has 0 aromatic heterocycles. The molecule has 2 amide bonds. The van der Waals surface area contributed by atoms with Gasteiger partial charge in [0.25, 0.3) is 0 Å². The van der Waals surface area contributed by atoms with Crippen molar-refractivity contribution in [3.8, 4) is 0 Å². The monoisotopic (exact) mass is 347 g/mol. The van der Waals surface area contributed by atoms with Crippen molar-refractivity contribution in [3.63, 3.8) is 0 Å². The summed E-state index contributed by atoms with van der Waals surface area (Å²) in [5.74, 6) is -0.142. The van der Waals surface area contributed by atoms with E-state index in [1.54, 1.807) is 11.9 Å². The first-order chi connectivity index (χ1) is 11.6. The zero-order chi connectivity index (χ0) is 19.0. The number of hydrogen-bond acceptors (Lipinski definition) is 3. The van der Waals surface area contributed by atoms with Gasteiger partial charge in [-0.2, -0.15) is 0 Å². The number of amides is 2. The molecule has 0 bridgehead atoms. The Labute approximate surface area is 152 Å². The van der Waals surface area contributed by atoms with E-state index in [-0.39, 0.29) is 36.0 Å². The van der Waals surface area contributed by atoms with Crippen LogP contribution in [0.25, 0.3) is 0 Å². The molecular formula is C20H33N3O2. The second kappa shape index (κ2) is 9.56. The third kappa shape index (κ3) is 7.69. The van der Waals surface area contributed by atoms with Crippen LogP contribution in [0, 0.1) is 0 Å². The minimum absolute atomic E-state index is 0.00190. The second-order valence-corrected chi connectivity index (χ2v) is 7.65. The lowest BCUT2D eigenvalue weighted by atomic mass is 10.0. The van der Waals surface area contributed by atoms with Crippen molar-refractivity contribution in [1.29, 1.82) is 0 Å². The molecule has 0 saturated carbocycles. The van der Waals surface area contributed by atoms with Gasteiger partial charge in [-0.15, -0.1) is 0 Å². The molecule has 0 spiro atoms. The van der Waals surface area contributed by atoms with Crippen LogP contribution in [0.3, 0.4) is 0 Å². The van der Waals surface area contributed by atoms with E-state index in [1.807, 2.05) is 58.0 Å². The molecule has 0 radical (unpaired) electrons. The van der Waals surface area contributed by atoms with Gasteiger partial charge in [0.05, 0.1) is 18.6 Å². The lowest BCUT2D eigenvalue weighted by molar-refractivity contribution is -0.128. The molecule has 1 aromatic rings. The second-order valence-electron chi connectivity index (χ2n) is 7.65. The van der Waals surface area contributed by atoms with Crippen LogP contribution in [0.1, 0.15) is 59.1 Å². The van der Waals surface area contributed by atoms with E-state index in [0.29, 0.717) is 0 Å². The van der Waals surface area contributed by atoms with Crippen molar-refractivity contribution in [2.24, 2.45) is 0 Å². The molecule has 5 heteroatoms. The maximum atomic E-state index is 12.6. The Kier molecular flexibility index (Phi) is 8.10. The molecular weight excluding hydrogens is 314 g/mol. The minimum Gasteiger partial charge on any atom is -0.350 e. The standard InChI is InChI=1S/C20H33N3O2/c1-7-11-17(16-12-9-8-10-13-16)21-19(25)15(2)23(6)14-18(24)22-20(3,4)5/h8-10,12-13,15,17H,7,11,14H2,1-6H3,(H,21,25)(H,22,24)/t15-,17+/m0/s1. The van der Waals surface area contributed by atoms with Crippen molar-refractivity contribution >= 4 is 11.8 Å². The Balaban J connectivity index is 2.65. The summed E-state index contributed by atoms with van der Waals surface area (Å²) in [5.41, 5.74) is 0.834. The van der Waals surface area contributed by atoms with E-state index in [9.17, 15) is 9.59 Å². The summed E-state index contributed by atoms with van der Waals surface area (Å²) in [6.07, 6.45) is 1.87. The molecule has 2 N–H and O–H groups in total. The highest BCUT2D eigenvalue weighted by Crippen LogP contribution is 2.18. The fourth-order valence-corrected chi connectivity index (χ4v) is 2.61. The summed E-state index contributed by atoms with van der Waals surface area (Å²) in [4.78, 5) is 26.5. The Hall–Kier alpha value is -1.88. The summed E-state index contributed by atoms with van der Waals surface area (Å²) >= 11 is 0. The number of benzene rings is 1. The molecule has 25 heavy (non-hydrogen) atoms. The van der Waals surface area contributed by atoms with Crippen LogP contribution in [0.5, 0.6) is 0 Å². The zero-order valence-corrected chi connectivity index (χ0v) is 16.4. The van der Waals surface area contributed by atoms with Gasteiger partial charge in [0, 0.05) is 5.54 Å². The van der Waals surface area contributed by atoms with Crippen LogP contribution < -0.4 is 10.6 Å². The van der Waals surface area contributed by atoms with E-state index in [0.717, 1.165) is 18.4 Å². The highest BCUT2D eigenvalue weighted by Gasteiger charge is 2.24. The first-order valence-corrected chi connectivity index (χ1v) is 9.00. The predicted octanol–water partition coefficient (Wildman–Crippen LogP) is 2.88. The molecule has 0 aliphatic heterocycles. The smallest absolute Gasteiger partial charge is 0.237 e. The van der Waals surface area contributed by atoms with Crippen LogP contribution in [0.4, 0.5) is 0 Å². The normalized spacial score (nSPS) is 14.0. The SMILES string of the molecule is CCC[C@@H](NC(=O)[C@H](C)N(C)CC(=O)NC(C)(C)C)c1ccccc1. The van der Waals surface area contributed by atoms with Gasteiger partial charge in [0.1, 0.15) is 0 Å². The van der Waals surface area contributed by atoms with E-state index < -0.39 is 0 Å². The van der Waals surface area contributed by atoms with Crippen LogP contribution in [-0.2, 0) is 9.59 Å². The molecule has 0 saturated heterocycles. The number of carbonyl (C=O) groups is 2. The van der Waals surface area contributed by atoms with E-state index >= 15 is 0 Å². The Bertz CT molecular complexity index is 552. The van der Waals surface area contributed by atoms with Crippen LogP contribution in [0.15, 0.2) is 30.3 Å². The van der Waals surface area contributed by atoms with Gasteiger partial charge in [-0.1, -0.05) is 43.7 Å². The Morgan fingerprint density at radius 2 is 1.76 bits per heavy atom. The molecule has 1 rings (SSSR count). The third-order valence-electron chi connectivity index (χ3n) is 4.04. The number of rotatable bonds is 8. The van der Waals surface area contributed by atoms with Gasteiger partial charge in [-0.25, -0.2) is 0 Å². The minimum atomic E-state index is -0.381. The molecule has 1 aromatic carbocycles.